The Balaban J connectivity index is 1.74. The molecule has 1 aromatic rings. The summed E-state index contributed by atoms with van der Waals surface area (Å²) in [5.74, 6) is -1.81. The number of amides is 3. The van der Waals surface area contributed by atoms with Gasteiger partial charge in [0, 0.05) is 24.7 Å². The molecule has 10 heteroatoms. The maximum atomic E-state index is 13.3. The number of alkyl halides is 3. The summed E-state index contributed by atoms with van der Waals surface area (Å²) in [5.41, 5.74) is 3.41. The summed E-state index contributed by atoms with van der Waals surface area (Å²) in [6, 6.07) is 2.32. The van der Waals surface area contributed by atoms with Crippen LogP contribution in [0.25, 0.3) is 0 Å². The minimum atomic E-state index is -4.69. The van der Waals surface area contributed by atoms with E-state index >= 15 is 0 Å². The molecule has 0 radical (unpaired) electrons. The van der Waals surface area contributed by atoms with E-state index < -0.39 is 35.2 Å². The molecule has 200 valence electrons. The van der Waals surface area contributed by atoms with E-state index in [1.54, 1.807) is 0 Å². The van der Waals surface area contributed by atoms with Crippen molar-refractivity contribution in [2.75, 3.05) is 13.6 Å². The normalized spacial score (nSPS) is 25.0. The van der Waals surface area contributed by atoms with Crippen molar-refractivity contribution in [3.05, 3.63) is 34.9 Å². The van der Waals surface area contributed by atoms with E-state index in [0.29, 0.717) is 43.1 Å². The molecule has 7 nitrogen and oxygen atoms in total. The fourth-order valence-electron chi connectivity index (χ4n) is 5.63. The van der Waals surface area contributed by atoms with Gasteiger partial charge >= 0.3 is 6.18 Å². The predicted octanol–water partition coefficient (Wildman–Crippen LogP) is 3.81. The Morgan fingerprint density at radius 3 is 2.47 bits per heavy atom. The van der Waals surface area contributed by atoms with Crippen molar-refractivity contribution >= 4 is 17.7 Å². The smallest absolute Gasteiger partial charge is 0.366 e. The summed E-state index contributed by atoms with van der Waals surface area (Å²) in [4.78, 5) is 42.2. The highest BCUT2D eigenvalue weighted by atomic mass is 19.4. The third-order valence-electron chi connectivity index (χ3n) is 7.77. The molecular formula is C26H37F3N4O3. The maximum Gasteiger partial charge on any atom is 0.416 e. The largest absolute Gasteiger partial charge is 0.416 e. The SMILES string of the molecule is CCC[C@@H]1C[C@H](N(C)C(C)C)CC[C@@H]1N1CC[C@H](NC(=O)c2cc(C(F)(F)F)ccc2C(N)=O)C1=O. The molecule has 0 unspecified atom stereocenters. The average molecular weight is 511 g/mol. The monoisotopic (exact) mass is 510 g/mol. The quantitative estimate of drug-likeness (QED) is 0.556. The molecule has 3 amide bonds. The maximum absolute atomic E-state index is 13.3. The number of rotatable bonds is 8. The fraction of sp³-hybridized carbons (Fsp3) is 0.654. The first-order chi connectivity index (χ1) is 16.8. The number of hydrogen-bond acceptors (Lipinski definition) is 4. The minimum absolute atomic E-state index is 0.0749. The van der Waals surface area contributed by atoms with Gasteiger partial charge in [0.05, 0.1) is 16.7 Å². The van der Waals surface area contributed by atoms with Gasteiger partial charge < -0.3 is 20.9 Å². The molecule has 1 aromatic carbocycles. The Morgan fingerprint density at radius 1 is 1.19 bits per heavy atom. The molecule has 1 aliphatic heterocycles. The molecular weight excluding hydrogens is 473 g/mol. The third-order valence-corrected chi connectivity index (χ3v) is 7.77. The minimum Gasteiger partial charge on any atom is -0.366 e. The van der Waals surface area contributed by atoms with E-state index in [0.717, 1.165) is 38.2 Å². The molecule has 0 aromatic heterocycles. The summed E-state index contributed by atoms with van der Waals surface area (Å²) >= 11 is 0. The van der Waals surface area contributed by atoms with Crippen molar-refractivity contribution in [3.63, 3.8) is 0 Å². The highest BCUT2D eigenvalue weighted by Gasteiger charge is 2.43. The molecule has 3 rings (SSSR count). The first kappa shape index (κ1) is 28.0. The molecule has 3 N–H and O–H groups in total. The lowest BCUT2D eigenvalue weighted by Gasteiger charge is -2.44. The van der Waals surface area contributed by atoms with E-state index in [9.17, 15) is 27.6 Å². The van der Waals surface area contributed by atoms with Gasteiger partial charge in [-0.2, -0.15) is 13.2 Å². The molecule has 0 spiro atoms. The molecule has 1 aliphatic carbocycles. The number of halogens is 3. The summed E-state index contributed by atoms with van der Waals surface area (Å²) in [6.07, 6.45) is 0.528. The van der Waals surface area contributed by atoms with Crippen LogP contribution in [-0.2, 0) is 11.0 Å². The van der Waals surface area contributed by atoms with Crippen molar-refractivity contribution in [1.29, 1.82) is 0 Å². The van der Waals surface area contributed by atoms with Gasteiger partial charge in [0.15, 0.2) is 0 Å². The molecule has 4 atom stereocenters. The van der Waals surface area contributed by atoms with E-state index in [1.165, 1.54) is 0 Å². The van der Waals surface area contributed by atoms with Crippen LogP contribution < -0.4 is 11.1 Å². The van der Waals surface area contributed by atoms with Crippen molar-refractivity contribution < 1.29 is 27.6 Å². The average Bonchev–Trinajstić information content (AvgIpc) is 3.17. The van der Waals surface area contributed by atoms with Crippen molar-refractivity contribution in [1.82, 2.24) is 15.1 Å². The summed E-state index contributed by atoms with van der Waals surface area (Å²) in [7, 11) is 2.14. The Labute approximate surface area is 210 Å². The van der Waals surface area contributed by atoms with E-state index in [4.69, 9.17) is 5.73 Å². The summed E-state index contributed by atoms with van der Waals surface area (Å²) < 4.78 is 39.6. The van der Waals surface area contributed by atoms with Crippen LogP contribution in [0.15, 0.2) is 18.2 Å². The van der Waals surface area contributed by atoms with Gasteiger partial charge in [0.25, 0.3) is 5.91 Å². The molecule has 2 aliphatic rings. The number of hydrogen-bond donors (Lipinski definition) is 2. The Hall–Kier alpha value is -2.62. The van der Waals surface area contributed by atoms with Crippen molar-refractivity contribution in [3.8, 4) is 0 Å². The van der Waals surface area contributed by atoms with Crippen LogP contribution in [0.1, 0.15) is 85.6 Å². The fourth-order valence-corrected chi connectivity index (χ4v) is 5.63. The van der Waals surface area contributed by atoms with E-state index in [1.807, 2.05) is 4.90 Å². The first-order valence-electron chi connectivity index (χ1n) is 12.7. The van der Waals surface area contributed by atoms with Crippen molar-refractivity contribution in [2.24, 2.45) is 11.7 Å². The molecule has 1 saturated carbocycles. The number of carbonyl (C=O) groups is 3. The van der Waals surface area contributed by atoms with Gasteiger partial charge in [0.2, 0.25) is 11.8 Å². The highest BCUT2D eigenvalue weighted by molar-refractivity contribution is 6.08. The van der Waals surface area contributed by atoms with Crippen LogP contribution in [0.4, 0.5) is 13.2 Å². The molecule has 2 fully saturated rings. The second-order valence-electron chi connectivity index (χ2n) is 10.3. The second-order valence-corrected chi connectivity index (χ2v) is 10.3. The number of nitrogens with zero attached hydrogens (tertiary/aromatic N) is 2. The van der Waals surface area contributed by atoms with Gasteiger partial charge in [-0.3, -0.25) is 14.4 Å². The molecule has 0 bridgehead atoms. The first-order valence-corrected chi connectivity index (χ1v) is 12.7. The van der Waals surface area contributed by atoms with E-state index in [-0.39, 0.29) is 17.5 Å². The standard InChI is InChI=1S/C26H37F3N4O3/c1-5-6-16-13-18(32(4)15(2)3)8-10-22(16)33-12-11-21(25(33)36)31-24(35)20-14-17(26(27,28)29)7-9-19(20)23(30)34/h7,9,14-16,18,21-22H,5-6,8,10-13H2,1-4H3,(H2,30,34)(H,31,35)/t16-,18-,21+,22+/m1/s1. The second kappa shape index (κ2) is 11.2. The van der Waals surface area contributed by atoms with Crippen LogP contribution in [0.5, 0.6) is 0 Å². The molecule has 1 heterocycles. The predicted molar refractivity (Wildman–Crippen MR) is 130 cm³/mol. The van der Waals surface area contributed by atoms with Gasteiger partial charge in [0.1, 0.15) is 6.04 Å². The lowest BCUT2D eigenvalue weighted by atomic mass is 9.77. The van der Waals surface area contributed by atoms with Gasteiger partial charge in [-0.1, -0.05) is 13.3 Å². The van der Waals surface area contributed by atoms with Crippen LogP contribution in [0, 0.1) is 5.92 Å². The number of carbonyl (C=O) groups excluding carboxylic acids is 3. The number of primary amides is 1. The zero-order valence-corrected chi connectivity index (χ0v) is 21.4. The van der Waals surface area contributed by atoms with Gasteiger partial charge in [-0.15, -0.1) is 0 Å². The number of benzene rings is 1. The molecule has 36 heavy (non-hydrogen) atoms. The van der Waals surface area contributed by atoms with Crippen LogP contribution >= 0.6 is 0 Å². The lowest BCUT2D eigenvalue weighted by Crippen LogP contribution is -2.51. The Kier molecular flexibility index (Phi) is 8.69. The van der Waals surface area contributed by atoms with Crippen LogP contribution in [-0.4, -0.2) is 65.3 Å². The zero-order valence-electron chi connectivity index (χ0n) is 21.4. The van der Waals surface area contributed by atoms with Gasteiger partial charge in [-0.25, -0.2) is 0 Å². The van der Waals surface area contributed by atoms with Gasteiger partial charge in [-0.05, 0) is 77.1 Å². The van der Waals surface area contributed by atoms with Crippen molar-refractivity contribution in [2.45, 2.75) is 89.6 Å². The molecule has 1 saturated heterocycles. The zero-order chi connectivity index (χ0) is 26.8. The number of likely N-dealkylation sites (tertiary alicyclic amines) is 1. The Morgan fingerprint density at radius 2 is 1.89 bits per heavy atom. The topological polar surface area (TPSA) is 95.7 Å². The highest BCUT2D eigenvalue weighted by Crippen LogP contribution is 2.36. The third kappa shape index (κ3) is 6.02. The number of nitrogens with one attached hydrogen (secondary N) is 1. The summed E-state index contributed by atoms with van der Waals surface area (Å²) in [6.45, 7) is 6.95. The summed E-state index contributed by atoms with van der Waals surface area (Å²) in [5, 5.41) is 2.56. The van der Waals surface area contributed by atoms with Crippen LogP contribution in [0.2, 0.25) is 0 Å². The lowest BCUT2D eigenvalue weighted by molar-refractivity contribution is -0.137. The number of nitrogens with two attached hydrogens (primary N) is 1. The van der Waals surface area contributed by atoms with Crippen LogP contribution in [0.3, 0.4) is 0 Å². The van der Waals surface area contributed by atoms with E-state index in [2.05, 4.69) is 38.0 Å². The Bertz CT molecular complexity index is 982.